The molecule has 0 aliphatic heterocycles. The van der Waals surface area contributed by atoms with Crippen LogP contribution in [0.15, 0.2) is 53.7 Å². The van der Waals surface area contributed by atoms with Gasteiger partial charge < -0.3 is 4.74 Å². The molecule has 0 saturated heterocycles. The third kappa shape index (κ3) is 4.69. The molecular formula is C18H15FN4O3S. The van der Waals surface area contributed by atoms with Crippen molar-refractivity contribution in [3.8, 4) is 17.7 Å². The minimum Gasteiger partial charge on any atom is -0.471 e. The van der Waals surface area contributed by atoms with E-state index in [1.54, 1.807) is 30.1 Å². The number of benzene rings is 1. The van der Waals surface area contributed by atoms with Gasteiger partial charge in [-0.3, -0.25) is 4.68 Å². The molecular weight excluding hydrogens is 371 g/mol. The van der Waals surface area contributed by atoms with Crippen molar-refractivity contribution < 1.29 is 17.5 Å². The second-order valence-corrected chi connectivity index (χ2v) is 7.12. The Kier molecular flexibility index (Phi) is 5.21. The number of aryl methyl sites for hydroxylation is 1. The summed E-state index contributed by atoms with van der Waals surface area (Å²) in [7, 11) is -2.05. The second kappa shape index (κ2) is 7.57. The van der Waals surface area contributed by atoms with Crippen molar-refractivity contribution in [3.05, 3.63) is 71.4 Å². The topological polar surface area (TPSA) is 100 Å². The summed E-state index contributed by atoms with van der Waals surface area (Å²) >= 11 is 0. The van der Waals surface area contributed by atoms with Crippen molar-refractivity contribution in [1.82, 2.24) is 14.8 Å². The number of halogens is 1. The summed E-state index contributed by atoms with van der Waals surface area (Å²) in [5, 5.41) is 9.28. The van der Waals surface area contributed by atoms with E-state index in [1.807, 2.05) is 0 Å². The molecule has 27 heavy (non-hydrogen) atoms. The van der Waals surface area contributed by atoms with Crippen LogP contribution in [0.2, 0.25) is 0 Å². The fourth-order valence-corrected chi connectivity index (χ4v) is 2.78. The molecule has 138 valence electrons. The predicted octanol–water partition coefficient (Wildman–Crippen LogP) is 1.58. The molecule has 0 spiro atoms. The molecule has 2 heterocycles. The molecule has 0 amide bonds. The number of hydrogen-bond donors (Lipinski definition) is 1. The van der Waals surface area contributed by atoms with Gasteiger partial charge in [-0.2, -0.15) is 5.10 Å². The summed E-state index contributed by atoms with van der Waals surface area (Å²) < 4.78 is 42.9. The lowest BCUT2D eigenvalue weighted by molar-refractivity contribution is 0.282. The van der Waals surface area contributed by atoms with Crippen LogP contribution in [0.5, 0.6) is 5.88 Å². The highest BCUT2D eigenvalue weighted by Crippen LogP contribution is 2.13. The lowest BCUT2D eigenvalue weighted by Crippen LogP contribution is -2.11. The molecule has 0 saturated carbocycles. The Morgan fingerprint density at radius 2 is 2.04 bits per heavy atom. The number of aromatic nitrogens is 3. The van der Waals surface area contributed by atoms with E-state index >= 15 is 0 Å². The Balaban J connectivity index is 1.81. The molecule has 0 atom stereocenters. The highest BCUT2D eigenvalue weighted by molar-refractivity contribution is 7.89. The van der Waals surface area contributed by atoms with Crippen molar-refractivity contribution in [3.63, 3.8) is 0 Å². The first-order valence-corrected chi connectivity index (χ1v) is 9.28. The smallest absolute Gasteiger partial charge is 0.238 e. The van der Waals surface area contributed by atoms with Crippen molar-refractivity contribution in [1.29, 1.82) is 0 Å². The third-order valence-corrected chi connectivity index (χ3v) is 4.53. The molecule has 3 rings (SSSR count). The maximum absolute atomic E-state index is 12.9. The van der Waals surface area contributed by atoms with Crippen LogP contribution in [0.3, 0.4) is 0 Å². The van der Waals surface area contributed by atoms with Crippen molar-refractivity contribution in [2.24, 2.45) is 12.2 Å². The number of ether oxygens (including phenoxy) is 1. The van der Waals surface area contributed by atoms with E-state index in [2.05, 4.69) is 21.9 Å². The second-order valence-electron chi connectivity index (χ2n) is 5.55. The summed E-state index contributed by atoms with van der Waals surface area (Å²) in [5.74, 6) is 5.66. The van der Waals surface area contributed by atoms with Gasteiger partial charge in [0.2, 0.25) is 15.9 Å². The van der Waals surface area contributed by atoms with E-state index in [4.69, 9.17) is 9.88 Å². The van der Waals surface area contributed by atoms with Crippen molar-refractivity contribution in [2.75, 3.05) is 0 Å². The van der Waals surface area contributed by atoms with E-state index in [0.29, 0.717) is 16.8 Å². The predicted molar refractivity (Wildman–Crippen MR) is 95.5 cm³/mol. The molecule has 2 N–H and O–H groups in total. The van der Waals surface area contributed by atoms with Gasteiger partial charge >= 0.3 is 0 Å². The Morgan fingerprint density at radius 3 is 2.74 bits per heavy atom. The first-order valence-electron chi connectivity index (χ1n) is 7.73. The largest absolute Gasteiger partial charge is 0.471 e. The molecule has 0 aliphatic rings. The number of sulfonamides is 1. The van der Waals surface area contributed by atoms with Crippen LogP contribution in [0, 0.1) is 17.7 Å². The molecule has 9 heteroatoms. The summed E-state index contributed by atoms with van der Waals surface area (Å²) in [4.78, 5) is 3.82. The standard InChI is InChI=1S/C18H15FN4O3S/c1-23-17(12-26-18-8-7-15(19)11-21-18)14(10-22-23)6-5-13-3-2-4-16(9-13)27(20,24)25/h2-4,7-11H,12H2,1H3,(H2,20,24,25). The number of nitrogens with zero attached hydrogens (tertiary/aromatic N) is 3. The van der Waals surface area contributed by atoms with E-state index < -0.39 is 15.8 Å². The van der Waals surface area contributed by atoms with E-state index in [1.165, 1.54) is 24.3 Å². The van der Waals surface area contributed by atoms with Gasteiger partial charge in [-0.25, -0.2) is 22.9 Å². The highest BCUT2D eigenvalue weighted by atomic mass is 32.2. The Labute approximate surface area is 155 Å². The van der Waals surface area contributed by atoms with Crippen LogP contribution in [-0.2, 0) is 23.7 Å². The quantitative estimate of drug-likeness (QED) is 0.686. The Morgan fingerprint density at radius 1 is 1.22 bits per heavy atom. The monoisotopic (exact) mass is 386 g/mol. The average Bonchev–Trinajstić information content (AvgIpc) is 2.99. The first kappa shape index (κ1) is 18.6. The molecule has 0 fully saturated rings. The lowest BCUT2D eigenvalue weighted by atomic mass is 10.2. The summed E-state index contributed by atoms with van der Waals surface area (Å²) in [6.07, 6.45) is 2.64. The summed E-state index contributed by atoms with van der Waals surface area (Å²) in [6, 6.07) is 8.73. The number of pyridine rings is 1. The average molecular weight is 386 g/mol. The number of nitrogens with two attached hydrogens (primary N) is 1. The lowest BCUT2D eigenvalue weighted by Gasteiger charge is -2.06. The molecule has 0 aliphatic carbocycles. The highest BCUT2D eigenvalue weighted by Gasteiger charge is 2.09. The van der Waals surface area contributed by atoms with Gasteiger partial charge in [0.25, 0.3) is 0 Å². The molecule has 1 aromatic carbocycles. The van der Waals surface area contributed by atoms with Gasteiger partial charge in [0.05, 0.1) is 28.5 Å². The maximum atomic E-state index is 12.9. The maximum Gasteiger partial charge on any atom is 0.238 e. The zero-order valence-corrected chi connectivity index (χ0v) is 15.1. The van der Waals surface area contributed by atoms with Gasteiger partial charge in [-0.05, 0) is 24.3 Å². The molecule has 3 aromatic rings. The first-order chi connectivity index (χ1) is 12.8. The van der Waals surface area contributed by atoms with E-state index in [0.717, 1.165) is 6.20 Å². The van der Waals surface area contributed by atoms with Crippen LogP contribution >= 0.6 is 0 Å². The van der Waals surface area contributed by atoms with Crippen LogP contribution in [0.4, 0.5) is 4.39 Å². The molecule has 2 aromatic heterocycles. The van der Waals surface area contributed by atoms with Crippen LogP contribution < -0.4 is 9.88 Å². The van der Waals surface area contributed by atoms with Crippen molar-refractivity contribution >= 4 is 10.0 Å². The fourth-order valence-electron chi connectivity index (χ4n) is 2.22. The molecule has 7 nitrogen and oxygen atoms in total. The van der Waals surface area contributed by atoms with Gasteiger partial charge in [-0.15, -0.1) is 0 Å². The normalized spacial score (nSPS) is 10.9. The number of rotatable bonds is 4. The minimum atomic E-state index is -3.79. The zero-order chi connectivity index (χ0) is 19.4. The van der Waals surface area contributed by atoms with Crippen LogP contribution in [-0.4, -0.2) is 23.2 Å². The van der Waals surface area contributed by atoms with E-state index in [9.17, 15) is 12.8 Å². The number of primary sulfonamides is 1. The minimum absolute atomic E-state index is 0.00794. The molecule has 0 radical (unpaired) electrons. The molecule has 0 unspecified atom stereocenters. The Hall–Kier alpha value is -3.22. The summed E-state index contributed by atoms with van der Waals surface area (Å²) in [5.41, 5.74) is 1.80. The van der Waals surface area contributed by atoms with Gasteiger partial charge in [0, 0.05) is 18.7 Å². The fraction of sp³-hybridized carbons (Fsp3) is 0.111. The van der Waals surface area contributed by atoms with Gasteiger partial charge in [-0.1, -0.05) is 17.9 Å². The van der Waals surface area contributed by atoms with Gasteiger partial charge in [0.15, 0.2) is 0 Å². The summed E-state index contributed by atoms with van der Waals surface area (Å²) in [6.45, 7) is 0.135. The van der Waals surface area contributed by atoms with Crippen molar-refractivity contribution in [2.45, 2.75) is 11.5 Å². The van der Waals surface area contributed by atoms with E-state index in [-0.39, 0.29) is 17.4 Å². The SMILES string of the molecule is Cn1ncc(C#Cc2cccc(S(N)(=O)=O)c2)c1COc1ccc(F)cn1. The van der Waals surface area contributed by atoms with Crippen LogP contribution in [0.25, 0.3) is 0 Å². The zero-order valence-electron chi connectivity index (χ0n) is 14.3. The third-order valence-electron chi connectivity index (χ3n) is 3.62. The van der Waals surface area contributed by atoms with Crippen LogP contribution in [0.1, 0.15) is 16.8 Å². The Bertz CT molecular complexity index is 1130. The number of hydrogen-bond acceptors (Lipinski definition) is 5. The molecule has 0 bridgehead atoms. The van der Waals surface area contributed by atoms with Gasteiger partial charge in [0.1, 0.15) is 12.4 Å².